The van der Waals surface area contributed by atoms with Crippen molar-refractivity contribution in [1.29, 1.82) is 0 Å². The number of hydrogen-bond donors (Lipinski definition) is 2. The van der Waals surface area contributed by atoms with Crippen LogP contribution in [0.5, 0.6) is 0 Å². The van der Waals surface area contributed by atoms with Crippen LogP contribution in [-0.4, -0.2) is 46.1 Å². The molecule has 2 heterocycles. The average molecular weight is 450 g/mol. The molecule has 7 nitrogen and oxygen atoms in total. The fourth-order valence-corrected chi connectivity index (χ4v) is 4.61. The van der Waals surface area contributed by atoms with Gasteiger partial charge in [-0.2, -0.15) is 0 Å². The number of piperidine rings is 1. The summed E-state index contributed by atoms with van der Waals surface area (Å²) in [5.41, 5.74) is 2.76. The summed E-state index contributed by atoms with van der Waals surface area (Å²) in [7, 11) is 0. The molecular weight excluding hydrogens is 422 g/mol. The molecule has 1 aliphatic rings. The maximum absolute atomic E-state index is 12.7. The van der Waals surface area contributed by atoms with Crippen molar-refractivity contribution in [3.8, 4) is 0 Å². The first-order chi connectivity index (χ1) is 15.6. The van der Waals surface area contributed by atoms with E-state index in [1.165, 1.54) is 0 Å². The Morgan fingerprint density at radius 2 is 1.62 bits per heavy atom. The zero-order valence-electron chi connectivity index (χ0n) is 18.0. The van der Waals surface area contributed by atoms with Crippen molar-refractivity contribution in [1.82, 2.24) is 25.1 Å². The second-order valence-electron chi connectivity index (χ2n) is 8.03. The van der Waals surface area contributed by atoms with Crippen molar-refractivity contribution < 1.29 is 9.59 Å². The second kappa shape index (κ2) is 10.4. The van der Waals surface area contributed by atoms with Gasteiger partial charge in [0.25, 0.3) is 5.91 Å². The molecule has 3 aromatic rings. The fourth-order valence-electron chi connectivity index (χ4n) is 3.98. The lowest BCUT2D eigenvalue weighted by atomic mass is 9.96. The van der Waals surface area contributed by atoms with Gasteiger partial charge < -0.3 is 15.5 Å². The molecule has 1 aliphatic heterocycles. The van der Waals surface area contributed by atoms with Crippen molar-refractivity contribution in [2.45, 2.75) is 25.8 Å². The first kappa shape index (κ1) is 22.0. The highest BCUT2D eigenvalue weighted by molar-refractivity contribution is 7.07. The molecular formula is C24H27N5O2S. The van der Waals surface area contributed by atoms with Crippen molar-refractivity contribution in [2.24, 2.45) is 5.92 Å². The van der Waals surface area contributed by atoms with Crippen LogP contribution in [0.3, 0.4) is 0 Å². The number of hydrogen-bond acceptors (Lipinski definition) is 5. The summed E-state index contributed by atoms with van der Waals surface area (Å²) in [6.07, 6.45) is 1.72. The molecule has 1 fully saturated rings. The predicted molar refractivity (Wildman–Crippen MR) is 125 cm³/mol. The molecule has 4 rings (SSSR count). The van der Waals surface area contributed by atoms with E-state index in [-0.39, 0.29) is 18.0 Å². The van der Waals surface area contributed by atoms with E-state index in [1.807, 2.05) is 72.5 Å². The van der Waals surface area contributed by atoms with Gasteiger partial charge >= 0.3 is 6.03 Å². The van der Waals surface area contributed by atoms with E-state index in [9.17, 15) is 9.59 Å². The minimum atomic E-state index is -0.215. The third kappa shape index (κ3) is 5.31. The Morgan fingerprint density at radius 3 is 2.16 bits per heavy atom. The van der Waals surface area contributed by atoms with Crippen molar-refractivity contribution in [3.05, 3.63) is 82.4 Å². The molecule has 0 radical (unpaired) electrons. The van der Waals surface area contributed by atoms with Gasteiger partial charge in [-0.3, -0.25) is 4.79 Å². The molecule has 1 saturated heterocycles. The quantitative estimate of drug-likeness (QED) is 0.599. The van der Waals surface area contributed by atoms with E-state index >= 15 is 0 Å². The Hall–Kier alpha value is -3.26. The summed E-state index contributed by atoms with van der Waals surface area (Å²) < 4.78 is 3.86. The molecule has 0 unspecified atom stereocenters. The van der Waals surface area contributed by atoms with E-state index < -0.39 is 0 Å². The van der Waals surface area contributed by atoms with Crippen LogP contribution in [0.15, 0.2) is 60.7 Å². The number of likely N-dealkylation sites (tertiary alicyclic amines) is 1. The number of aromatic nitrogens is 2. The molecule has 32 heavy (non-hydrogen) atoms. The number of amides is 3. The maximum Gasteiger partial charge on any atom is 0.315 e. The van der Waals surface area contributed by atoms with Gasteiger partial charge in [0.1, 0.15) is 4.88 Å². The van der Waals surface area contributed by atoms with E-state index in [2.05, 4.69) is 20.2 Å². The van der Waals surface area contributed by atoms with Crippen molar-refractivity contribution in [3.63, 3.8) is 0 Å². The third-order valence-corrected chi connectivity index (χ3v) is 6.66. The van der Waals surface area contributed by atoms with Gasteiger partial charge in [0, 0.05) is 19.6 Å². The number of carbonyl (C=O) groups excluding carboxylic acids is 2. The highest BCUT2D eigenvalue weighted by atomic mass is 32.1. The summed E-state index contributed by atoms with van der Waals surface area (Å²) in [6.45, 7) is 3.76. The molecule has 0 saturated carbocycles. The smallest absolute Gasteiger partial charge is 0.315 e. The lowest BCUT2D eigenvalue weighted by Gasteiger charge is -2.32. The molecule has 1 aromatic heterocycles. The van der Waals surface area contributed by atoms with Crippen LogP contribution < -0.4 is 10.6 Å². The standard InChI is InChI=1S/C24H27N5O2S/c1-17-22(32-28-27-17)23(30)29-14-12-18(13-15-29)16-25-24(31)26-21(19-8-4-2-5-9-19)20-10-6-3-7-11-20/h2-11,18,21H,12-16H2,1H3,(H2,25,26,31). The topological polar surface area (TPSA) is 87.2 Å². The maximum atomic E-state index is 12.7. The lowest BCUT2D eigenvalue weighted by Crippen LogP contribution is -2.44. The number of aryl methyl sites for hydroxylation is 1. The molecule has 2 N–H and O–H groups in total. The summed E-state index contributed by atoms with van der Waals surface area (Å²) in [4.78, 5) is 27.8. The summed E-state index contributed by atoms with van der Waals surface area (Å²) >= 11 is 1.15. The van der Waals surface area contributed by atoms with Crippen LogP contribution in [0, 0.1) is 12.8 Å². The fraction of sp³-hybridized carbons (Fsp3) is 0.333. The lowest BCUT2D eigenvalue weighted by molar-refractivity contribution is 0.0694. The zero-order chi connectivity index (χ0) is 22.3. The van der Waals surface area contributed by atoms with E-state index in [0.29, 0.717) is 36.1 Å². The van der Waals surface area contributed by atoms with Gasteiger partial charge in [0.2, 0.25) is 0 Å². The SMILES string of the molecule is Cc1nnsc1C(=O)N1CCC(CNC(=O)NC(c2ccccc2)c2ccccc2)CC1. The van der Waals surface area contributed by atoms with E-state index in [0.717, 1.165) is 35.5 Å². The monoisotopic (exact) mass is 449 g/mol. The van der Waals surface area contributed by atoms with Crippen molar-refractivity contribution >= 4 is 23.5 Å². The molecule has 166 valence electrons. The van der Waals surface area contributed by atoms with E-state index in [1.54, 1.807) is 0 Å². The van der Waals surface area contributed by atoms with Crippen LogP contribution in [0.4, 0.5) is 4.79 Å². The number of rotatable bonds is 6. The van der Waals surface area contributed by atoms with Crippen LogP contribution >= 0.6 is 11.5 Å². The normalized spacial score (nSPS) is 14.4. The van der Waals surface area contributed by atoms with E-state index in [4.69, 9.17) is 0 Å². The largest absolute Gasteiger partial charge is 0.338 e. The van der Waals surface area contributed by atoms with Crippen LogP contribution in [-0.2, 0) is 0 Å². The van der Waals surface area contributed by atoms with Gasteiger partial charge in [-0.25, -0.2) is 4.79 Å². The summed E-state index contributed by atoms with van der Waals surface area (Å²) in [5.74, 6) is 0.354. The average Bonchev–Trinajstić information content (AvgIpc) is 3.28. The Morgan fingerprint density at radius 1 is 1.03 bits per heavy atom. The Balaban J connectivity index is 1.29. The highest BCUT2D eigenvalue weighted by Crippen LogP contribution is 2.23. The summed E-state index contributed by atoms with van der Waals surface area (Å²) in [6, 6.07) is 19.5. The molecule has 0 aliphatic carbocycles. The molecule has 3 amide bonds. The number of carbonyl (C=O) groups is 2. The van der Waals surface area contributed by atoms with Gasteiger partial charge in [-0.1, -0.05) is 65.2 Å². The Bertz CT molecular complexity index is 993. The van der Waals surface area contributed by atoms with Gasteiger partial charge in [-0.05, 0) is 48.3 Å². The molecule has 0 bridgehead atoms. The second-order valence-corrected chi connectivity index (χ2v) is 8.79. The number of nitrogens with one attached hydrogen (secondary N) is 2. The van der Waals surface area contributed by atoms with Crippen LogP contribution in [0.25, 0.3) is 0 Å². The zero-order valence-corrected chi connectivity index (χ0v) is 18.8. The Labute approximate surface area is 192 Å². The minimum Gasteiger partial charge on any atom is -0.338 e. The number of benzene rings is 2. The van der Waals surface area contributed by atoms with Crippen LogP contribution in [0.1, 0.15) is 45.4 Å². The summed E-state index contributed by atoms with van der Waals surface area (Å²) in [5, 5.41) is 10.1. The molecule has 0 atom stereocenters. The Kier molecular flexibility index (Phi) is 7.11. The predicted octanol–water partition coefficient (Wildman–Crippen LogP) is 3.79. The van der Waals surface area contributed by atoms with Crippen molar-refractivity contribution in [2.75, 3.05) is 19.6 Å². The van der Waals surface area contributed by atoms with Gasteiger partial charge in [0.05, 0.1) is 11.7 Å². The first-order valence-electron chi connectivity index (χ1n) is 10.8. The number of urea groups is 1. The minimum absolute atomic E-state index is 0.00946. The van der Waals surface area contributed by atoms with Gasteiger partial charge in [-0.15, -0.1) is 5.10 Å². The molecule has 2 aromatic carbocycles. The molecule has 0 spiro atoms. The molecule has 8 heteroatoms. The van der Waals surface area contributed by atoms with Gasteiger partial charge in [0.15, 0.2) is 0 Å². The first-order valence-corrected chi connectivity index (χ1v) is 11.6. The third-order valence-electron chi connectivity index (χ3n) is 5.84. The highest BCUT2D eigenvalue weighted by Gasteiger charge is 2.26. The van der Waals surface area contributed by atoms with Crippen LogP contribution in [0.2, 0.25) is 0 Å². The number of nitrogens with zero attached hydrogens (tertiary/aromatic N) is 3.